The van der Waals surface area contributed by atoms with Crippen molar-refractivity contribution in [3.63, 3.8) is 0 Å². The Morgan fingerprint density at radius 3 is 2.56 bits per heavy atom. The van der Waals surface area contributed by atoms with Crippen LogP contribution in [0, 0.1) is 5.92 Å². The van der Waals surface area contributed by atoms with E-state index in [1.165, 1.54) is 18.4 Å². The van der Waals surface area contributed by atoms with Gasteiger partial charge in [0.15, 0.2) is 0 Å². The molecule has 1 fully saturated rings. The third-order valence-electron chi connectivity index (χ3n) is 3.17. The Labute approximate surface area is 101 Å². The molecule has 3 N–H and O–H groups in total. The van der Waals surface area contributed by atoms with Crippen molar-refractivity contribution in [2.75, 3.05) is 12.4 Å². The van der Waals surface area contributed by atoms with Crippen LogP contribution in [-0.2, 0) is 5.75 Å². The van der Waals surface area contributed by atoms with E-state index in [1.807, 2.05) is 17.8 Å². The van der Waals surface area contributed by atoms with Crippen LogP contribution < -0.4 is 5.73 Å². The van der Waals surface area contributed by atoms with E-state index in [1.54, 1.807) is 0 Å². The van der Waals surface area contributed by atoms with Crippen molar-refractivity contribution in [2.45, 2.75) is 24.1 Å². The van der Waals surface area contributed by atoms with Gasteiger partial charge in [-0.2, -0.15) is 11.8 Å². The summed E-state index contributed by atoms with van der Waals surface area (Å²) in [5.41, 5.74) is 7.17. The molecule has 3 heteroatoms. The molecule has 0 bridgehead atoms. The second-order valence-corrected chi connectivity index (χ2v) is 5.63. The molecule has 1 aliphatic carbocycles. The molecule has 0 saturated heterocycles. The van der Waals surface area contributed by atoms with E-state index in [2.05, 4.69) is 24.3 Å². The average molecular weight is 237 g/mol. The molecule has 2 rings (SSSR count). The van der Waals surface area contributed by atoms with Gasteiger partial charge in [0.25, 0.3) is 0 Å². The highest BCUT2D eigenvalue weighted by molar-refractivity contribution is 7.98. The Balaban J connectivity index is 1.79. The zero-order chi connectivity index (χ0) is 11.4. The molecular weight excluding hydrogens is 218 g/mol. The van der Waals surface area contributed by atoms with E-state index in [4.69, 9.17) is 5.73 Å². The Kier molecular flexibility index (Phi) is 3.90. The SMILES string of the molecule is NC(CO)(CSCc1ccccc1)C1CC1. The highest BCUT2D eigenvalue weighted by Crippen LogP contribution is 2.39. The number of benzene rings is 1. The van der Waals surface area contributed by atoms with Crippen molar-refractivity contribution in [1.82, 2.24) is 0 Å². The number of aliphatic hydroxyl groups is 1. The number of nitrogens with two attached hydrogens (primary N) is 1. The number of thioether (sulfide) groups is 1. The fraction of sp³-hybridized carbons (Fsp3) is 0.538. The maximum atomic E-state index is 9.35. The first-order valence-corrected chi connectivity index (χ1v) is 6.91. The summed E-state index contributed by atoms with van der Waals surface area (Å²) in [7, 11) is 0. The second kappa shape index (κ2) is 5.21. The molecule has 88 valence electrons. The number of aliphatic hydroxyl groups excluding tert-OH is 1. The van der Waals surface area contributed by atoms with Crippen molar-refractivity contribution in [3.8, 4) is 0 Å². The van der Waals surface area contributed by atoms with Crippen LogP contribution in [-0.4, -0.2) is 23.0 Å². The topological polar surface area (TPSA) is 46.2 Å². The lowest BCUT2D eigenvalue weighted by molar-refractivity contribution is 0.194. The van der Waals surface area contributed by atoms with Crippen LogP contribution in [0.5, 0.6) is 0 Å². The van der Waals surface area contributed by atoms with Crippen molar-refractivity contribution in [2.24, 2.45) is 11.7 Å². The Hall–Kier alpha value is -0.510. The summed E-state index contributed by atoms with van der Waals surface area (Å²) in [6, 6.07) is 10.4. The third kappa shape index (κ3) is 3.00. The van der Waals surface area contributed by atoms with Gasteiger partial charge in [-0.15, -0.1) is 0 Å². The van der Waals surface area contributed by atoms with Gasteiger partial charge in [0.1, 0.15) is 0 Å². The lowest BCUT2D eigenvalue weighted by Gasteiger charge is -2.26. The summed E-state index contributed by atoms with van der Waals surface area (Å²) in [4.78, 5) is 0. The molecule has 1 aromatic rings. The van der Waals surface area contributed by atoms with E-state index in [9.17, 15) is 5.11 Å². The molecule has 1 aromatic carbocycles. The van der Waals surface area contributed by atoms with E-state index in [0.29, 0.717) is 5.92 Å². The second-order valence-electron chi connectivity index (χ2n) is 4.64. The summed E-state index contributed by atoms with van der Waals surface area (Å²) in [5, 5.41) is 9.35. The molecule has 1 saturated carbocycles. The highest BCUT2D eigenvalue weighted by Gasteiger charge is 2.41. The van der Waals surface area contributed by atoms with Gasteiger partial charge in [-0.05, 0) is 24.3 Å². The molecule has 16 heavy (non-hydrogen) atoms. The molecule has 1 aliphatic rings. The molecule has 0 aromatic heterocycles. The standard InChI is InChI=1S/C13H19NOS/c14-13(9-15,12-6-7-12)10-16-8-11-4-2-1-3-5-11/h1-5,12,15H,6-10,14H2. The van der Waals surface area contributed by atoms with Gasteiger partial charge in [-0.3, -0.25) is 0 Å². The molecule has 0 amide bonds. The van der Waals surface area contributed by atoms with Crippen molar-refractivity contribution >= 4 is 11.8 Å². The normalized spacial score (nSPS) is 19.4. The predicted octanol–water partition coefficient (Wildman–Crippen LogP) is 2.02. The maximum Gasteiger partial charge on any atom is 0.0622 e. The summed E-state index contributed by atoms with van der Waals surface area (Å²) >= 11 is 1.82. The Morgan fingerprint density at radius 2 is 2.00 bits per heavy atom. The van der Waals surface area contributed by atoms with E-state index < -0.39 is 0 Å². The van der Waals surface area contributed by atoms with Crippen LogP contribution >= 0.6 is 11.8 Å². The molecule has 1 atom stereocenters. The van der Waals surface area contributed by atoms with Crippen LogP contribution in [0.4, 0.5) is 0 Å². The minimum absolute atomic E-state index is 0.111. The number of rotatable bonds is 6. The summed E-state index contributed by atoms with van der Waals surface area (Å²) in [5.74, 6) is 2.37. The molecule has 0 spiro atoms. The van der Waals surface area contributed by atoms with Crippen LogP contribution in [0.25, 0.3) is 0 Å². The molecule has 0 heterocycles. The fourth-order valence-corrected chi connectivity index (χ4v) is 3.12. The summed E-state index contributed by atoms with van der Waals surface area (Å²) < 4.78 is 0. The van der Waals surface area contributed by atoms with Crippen LogP contribution in [0.15, 0.2) is 30.3 Å². The fourth-order valence-electron chi connectivity index (χ4n) is 1.88. The van der Waals surface area contributed by atoms with E-state index >= 15 is 0 Å². The van der Waals surface area contributed by atoms with Crippen LogP contribution in [0.2, 0.25) is 0 Å². The smallest absolute Gasteiger partial charge is 0.0622 e. The third-order valence-corrected chi connectivity index (χ3v) is 4.45. The van der Waals surface area contributed by atoms with Crippen LogP contribution in [0.1, 0.15) is 18.4 Å². The first kappa shape index (κ1) is 12.0. The lowest BCUT2D eigenvalue weighted by atomic mass is 9.99. The minimum Gasteiger partial charge on any atom is -0.394 e. The lowest BCUT2D eigenvalue weighted by Crippen LogP contribution is -2.48. The van der Waals surface area contributed by atoms with E-state index in [-0.39, 0.29) is 12.1 Å². The summed E-state index contributed by atoms with van der Waals surface area (Å²) in [6.07, 6.45) is 2.37. The van der Waals surface area contributed by atoms with Crippen molar-refractivity contribution < 1.29 is 5.11 Å². The zero-order valence-electron chi connectivity index (χ0n) is 9.43. The van der Waals surface area contributed by atoms with Gasteiger partial charge < -0.3 is 10.8 Å². The van der Waals surface area contributed by atoms with Crippen molar-refractivity contribution in [3.05, 3.63) is 35.9 Å². The Bertz CT molecular complexity index is 326. The quantitative estimate of drug-likeness (QED) is 0.795. The molecule has 0 aliphatic heterocycles. The van der Waals surface area contributed by atoms with Gasteiger partial charge in [0, 0.05) is 11.5 Å². The maximum absolute atomic E-state index is 9.35. The zero-order valence-corrected chi connectivity index (χ0v) is 10.2. The first-order valence-electron chi connectivity index (χ1n) is 5.76. The van der Waals surface area contributed by atoms with E-state index in [0.717, 1.165) is 11.5 Å². The highest BCUT2D eigenvalue weighted by atomic mass is 32.2. The monoisotopic (exact) mass is 237 g/mol. The minimum atomic E-state index is -0.348. The number of hydrogen-bond donors (Lipinski definition) is 2. The van der Waals surface area contributed by atoms with Crippen LogP contribution in [0.3, 0.4) is 0 Å². The predicted molar refractivity (Wildman–Crippen MR) is 69.3 cm³/mol. The molecular formula is C13H19NOS. The Morgan fingerprint density at radius 1 is 1.31 bits per heavy atom. The largest absolute Gasteiger partial charge is 0.394 e. The number of hydrogen-bond acceptors (Lipinski definition) is 3. The van der Waals surface area contributed by atoms with Gasteiger partial charge in [0.2, 0.25) is 0 Å². The summed E-state index contributed by atoms with van der Waals surface area (Å²) in [6.45, 7) is 0.111. The van der Waals surface area contributed by atoms with Gasteiger partial charge in [-0.25, -0.2) is 0 Å². The molecule has 0 radical (unpaired) electrons. The van der Waals surface area contributed by atoms with Gasteiger partial charge in [-0.1, -0.05) is 30.3 Å². The van der Waals surface area contributed by atoms with Gasteiger partial charge in [0.05, 0.1) is 12.1 Å². The van der Waals surface area contributed by atoms with Gasteiger partial charge >= 0.3 is 0 Å². The first-order chi connectivity index (χ1) is 7.74. The molecule has 1 unspecified atom stereocenters. The van der Waals surface area contributed by atoms with Crippen molar-refractivity contribution in [1.29, 1.82) is 0 Å². The molecule has 2 nitrogen and oxygen atoms in total. The average Bonchev–Trinajstić information content (AvgIpc) is 3.14.